The first-order chi connectivity index (χ1) is 12.3. The molecule has 0 aliphatic heterocycles. The molecule has 0 aromatic heterocycles. The zero-order valence-corrected chi connectivity index (χ0v) is 16.3. The molecule has 0 aliphatic rings. The summed E-state index contributed by atoms with van der Waals surface area (Å²) in [6.07, 6.45) is 1.05. The fourth-order valence-electron chi connectivity index (χ4n) is 2.40. The lowest BCUT2D eigenvalue weighted by Crippen LogP contribution is -2.42. The molecule has 2 aromatic carbocycles. The molecule has 0 radical (unpaired) electrons. The monoisotopic (exact) mass is 395 g/mol. The molecule has 6 nitrogen and oxygen atoms in total. The molecule has 0 bridgehead atoms. The topological polar surface area (TPSA) is 69.7 Å². The third kappa shape index (κ3) is 5.64. The number of nitrogens with zero attached hydrogens (tertiary/aromatic N) is 2. The summed E-state index contributed by atoms with van der Waals surface area (Å²) in [5.41, 5.74) is 1.32. The summed E-state index contributed by atoms with van der Waals surface area (Å²) in [5, 5.41) is 3.02. The second kappa shape index (κ2) is 8.91. The Morgan fingerprint density at radius 2 is 1.69 bits per heavy atom. The summed E-state index contributed by atoms with van der Waals surface area (Å²) in [6.45, 7) is 0.669. The number of anilines is 2. The number of carbonyl (C=O) groups is 1. The van der Waals surface area contributed by atoms with Crippen LogP contribution in [0.2, 0.25) is 5.02 Å². The van der Waals surface area contributed by atoms with Gasteiger partial charge in [0.05, 0.1) is 17.0 Å². The molecule has 0 fully saturated rings. The molecule has 2 rings (SSSR count). The average molecular weight is 396 g/mol. The number of likely N-dealkylation sites (N-methyl/N-ethyl adjacent to an activating group) is 1. The molecule has 0 spiro atoms. The van der Waals surface area contributed by atoms with Gasteiger partial charge in [-0.1, -0.05) is 41.9 Å². The van der Waals surface area contributed by atoms with E-state index >= 15 is 0 Å². The minimum absolute atomic E-state index is 0.273. The fourth-order valence-corrected chi connectivity index (χ4v) is 3.55. The molecule has 26 heavy (non-hydrogen) atoms. The first-order valence-corrected chi connectivity index (χ1v) is 10.3. The van der Waals surface area contributed by atoms with Crippen LogP contribution < -0.4 is 14.5 Å². The van der Waals surface area contributed by atoms with E-state index in [1.165, 1.54) is 0 Å². The van der Waals surface area contributed by atoms with Gasteiger partial charge < -0.3 is 10.2 Å². The van der Waals surface area contributed by atoms with E-state index in [0.29, 0.717) is 13.1 Å². The maximum Gasteiger partial charge on any atom is 0.240 e. The van der Waals surface area contributed by atoms with Crippen molar-refractivity contribution in [2.45, 2.75) is 0 Å². The molecular formula is C18H22ClN3O3S. The number of carbonyl (C=O) groups excluding carboxylic acids is 1. The highest BCUT2D eigenvalue weighted by atomic mass is 35.5. The summed E-state index contributed by atoms with van der Waals surface area (Å²) in [7, 11) is -1.72. The molecule has 1 amide bonds. The van der Waals surface area contributed by atoms with Crippen LogP contribution in [0.5, 0.6) is 0 Å². The molecule has 0 aliphatic carbocycles. The zero-order chi connectivity index (χ0) is 19.2. The van der Waals surface area contributed by atoms with Crippen LogP contribution in [0.1, 0.15) is 0 Å². The van der Waals surface area contributed by atoms with Crippen LogP contribution in [0.3, 0.4) is 0 Å². The van der Waals surface area contributed by atoms with Gasteiger partial charge in [0.1, 0.15) is 6.54 Å². The number of benzene rings is 2. The summed E-state index contributed by atoms with van der Waals surface area (Å²) >= 11 is 6.08. The minimum atomic E-state index is -3.64. The Morgan fingerprint density at radius 1 is 1.08 bits per heavy atom. The van der Waals surface area contributed by atoms with Crippen LogP contribution in [0.15, 0.2) is 54.6 Å². The van der Waals surface area contributed by atoms with Crippen LogP contribution in [0.4, 0.5) is 11.4 Å². The number of halogens is 1. The maximum atomic E-state index is 12.2. The van der Waals surface area contributed by atoms with E-state index < -0.39 is 15.9 Å². The zero-order valence-electron chi connectivity index (χ0n) is 14.7. The van der Waals surface area contributed by atoms with Gasteiger partial charge in [0.2, 0.25) is 15.9 Å². The normalized spacial score (nSPS) is 11.0. The molecule has 140 valence electrons. The summed E-state index contributed by atoms with van der Waals surface area (Å²) in [4.78, 5) is 14.2. The number of nitrogens with one attached hydrogen (secondary N) is 1. The van der Waals surface area contributed by atoms with E-state index in [0.717, 1.165) is 16.2 Å². The summed E-state index contributed by atoms with van der Waals surface area (Å²) in [5.74, 6) is -0.392. The predicted molar refractivity (Wildman–Crippen MR) is 106 cm³/mol. The highest BCUT2D eigenvalue weighted by Gasteiger charge is 2.22. The summed E-state index contributed by atoms with van der Waals surface area (Å²) < 4.78 is 25.1. The third-order valence-electron chi connectivity index (χ3n) is 3.78. The van der Waals surface area contributed by atoms with Crippen molar-refractivity contribution in [3.8, 4) is 0 Å². The Bertz CT molecular complexity index is 844. The molecule has 0 unspecified atom stereocenters. The highest BCUT2D eigenvalue weighted by molar-refractivity contribution is 7.92. The molecular weight excluding hydrogens is 374 g/mol. The van der Waals surface area contributed by atoms with Crippen LogP contribution >= 0.6 is 11.6 Å². The van der Waals surface area contributed by atoms with Crippen molar-refractivity contribution in [1.29, 1.82) is 0 Å². The van der Waals surface area contributed by atoms with Gasteiger partial charge >= 0.3 is 0 Å². The SMILES string of the molecule is CN(CCNC(=O)CN(c1ccccc1Cl)S(C)(=O)=O)c1ccccc1. The van der Waals surface area contributed by atoms with Gasteiger partial charge in [-0.25, -0.2) is 8.42 Å². The summed E-state index contributed by atoms with van der Waals surface area (Å²) in [6, 6.07) is 16.3. The fraction of sp³-hybridized carbons (Fsp3) is 0.278. The van der Waals surface area contributed by atoms with Gasteiger partial charge in [-0.3, -0.25) is 9.10 Å². The van der Waals surface area contributed by atoms with Crippen molar-refractivity contribution in [3.05, 3.63) is 59.6 Å². The van der Waals surface area contributed by atoms with E-state index in [4.69, 9.17) is 11.6 Å². The van der Waals surface area contributed by atoms with E-state index in [1.54, 1.807) is 24.3 Å². The van der Waals surface area contributed by atoms with E-state index in [2.05, 4.69) is 5.32 Å². The Labute approximate surface area is 159 Å². The molecule has 8 heteroatoms. The largest absolute Gasteiger partial charge is 0.373 e. The highest BCUT2D eigenvalue weighted by Crippen LogP contribution is 2.26. The van der Waals surface area contributed by atoms with Crippen molar-refractivity contribution >= 4 is 38.9 Å². The van der Waals surface area contributed by atoms with Gasteiger partial charge in [0.25, 0.3) is 0 Å². The lowest BCUT2D eigenvalue weighted by molar-refractivity contribution is -0.119. The Hall–Kier alpha value is -2.25. The Kier molecular flexibility index (Phi) is 6.88. The molecule has 0 saturated carbocycles. The minimum Gasteiger partial charge on any atom is -0.373 e. The van der Waals surface area contributed by atoms with E-state index in [1.807, 2.05) is 42.3 Å². The molecule has 0 heterocycles. The van der Waals surface area contributed by atoms with Gasteiger partial charge in [0.15, 0.2) is 0 Å². The number of para-hydroxylation sites is 2. The second-order valence-electron chi connectivity index (χ2n) is 5.83. The van der Waals surface area contributed by atoms with Gasteiger partial charge in [0, 0.05) is 25.8 Å². The van der Waals surface area contributed by atoms with E-state index in [9.17, 15) is 13.2 Å². The lowest BCUT2D eigenvalue weighted by Gasteiger charge is -2.23. The van der Waals surface area contributed by atoms with Gasteiger partial charge in [-0.2, -0.15) is 0 Å². The number of hydrogen-bond donors (Lipinski definition) is 1. The number of amides is 1. The number of rotatable bonds is 8. The molecule has 0 saturated heterocycles. The quantitative estimate of drug-likeness (QED) is 0.744. The first kappa shape index (κ1) is 20.1. The number of sulfonamides is 1. The maximum absolute atomic E-state index is 12.2. The first-order valence-electron chi connectivity index (χ1n) is 8.04. The van der Waals surface area contributed by atoms with Crippen molar-refractivity contribution in [2.24, 2.45) is 0 Å². The standard InChI is InChI=1S/C18H22ClN3O3S/c1-21(15-8-4-3-5-9-15)13-12-20-18(23)14-22(26(2,24)25)17-11-7-6-10-16(17)19/h3-11H,12-14H2,1-2H3,(H,20,23). The van der Waals surface area contributed by atoms with Crippen LogP contribution in [0, 0.1) is 0 Å². The predicted octanol–water partition coefficient (Wildman–Crippen LogP) is 2.36. The van der Waals surface area contributed by atoms with Crippen LogP contribution in [-0.4, -0.2) is 47.3 Å². The van der Waals surface area contributed by atoms with Gasteiger partial charge in [-0.15, -0.1) is 0 Å². The molecule has 0 atom stereocenters. The van der Waals surface area contributed by atoms with E-state index in [-0.39, 0.29) is 17.3 Å². The smallest absolute Gasteiger partial charge is 0.240 e. The van der Waals surface area contributed by atoms with Crippen molar-refractivity contribution in [3.63, 3.8) is 0 Å². The Morgan fingerprint density at radius 3 is 2.31 bits per heavy atom. The molecule has 2 aromatic rings. The lowest BCUT2D eigenvalue weighted by atomic mass is 10.3. The number of hydrogen-bond acceptors (Lipinski definition) is 4. The van der Waals surface area contributed by atoms with Crippen molar-refractivity contribution in [1.82, 2.24) is 5.32 Å². The van der Waals surface area contributed by atoms with Crippen LogP contribution in [-0.2, 0) is 14.8 Å². The van der Waals surface area contributed by atoms with Crippen molar-refractivity contribution in [2.75, 3.05) is 42.1 Å². The molecule has 1 N–H and O–H groups in total. The third-order valence-corrected chi connectivity index (χ3v) is 5.22. The van der Waals surface area contributed by atoms with Crippen LogP contribution in [0.25, 0.3) is 0 Å². The Balaban J connectivity index is 1.95. The van der Waals surface area contributed by atoms with Crippen molar-refractivity contribution < 1.29 is 13.2 Å². The average Bonchev–Trinajstić information content (AvgIpc) is 2.60. The second-order valence-corrected chi connectivity index (χ2v) is 8.14. The van der Waals surface area contributed by atoms with Gasteiger partial charge in [-0.05, 0) is 24.3 Å².